The first-order valence-corrected chi connectivity index (χ1v) is 8.35. The molecule has 102 valence electrons. The number of rotatable bonds is 4. The lowest BCUT2D eigenvalue weighted by Crippen LogP contribution is -2.17. The van der Waals surface area contributed by atoms with E-state index >= 15 is 0 Å². The van der Waals surface area contributed by atoms with Gasteiger partial charge in [0, 0.05) is 20.4 Å². The average molecular weight is 428 g/mol. The van der Waals surface area contributed by atoms with Crippen LogP contribution in [0.15, 0.2) is 32.5 Å². The lowest BCUT2D eigenvalue weighted by molar-refractivity contribution is 0.598. The third kappa shape index (κ3) is 3.79. The molecule has 1 unspecified atom stereocenters. The topological polar surface area (TPSA) is 12.0 Å². The number of hydrogen-bond donors (Lipinski definition) is 1. The van der Waals surface area contributed by atoms with E-state index in [0.717, 1.165) is 20.2 Å². The molecule has 1 heterocycles. The summed E-state index contributed by atoms with van der Waals surface area (Å²) in [6, 6.07) is 6.75. The maximum absolute atomic E-state index is 13.0. The van der Waals surface area contributed by atoms with Gasteiger partial charge in [-0.05, 0) is 69.1 Å². The molecule has 0 radical (unpaired) electrons. The zero-order chi connectivity index (χ0) is 14.0. The van der Waals surface area contributed by atoms with Crippen LogP contribution >= 0.6 is 54.8 Å². The molecule has 1 aromatic carbocycles. The van der Waals surface area contributed by atoms with Crippen molar-refractivity contribution in [3.63, 3.8) is 0 Å². The Morgan fingerprint density at radius 3 is 2.63 bits per heavy atom. The van der Waals surface area contributed by atoms with Crippen LogP contribution in [0, 0.1) is 5.82 Å². The fraction of sp³-hybridized carbons (Fsp3) is 0.231. The SMILES string of the molecule is CNC(Cc1ccc(F)cc1Cl)c1cc(Br)c(Br)s1. The molecular formula is C13H11Br2ClFNS. The highest BCUT2D eigenvalue weighted by molar-refractivity contribution is 9.13. The van der Waals surface area contributed by atoms with Crippen molar-refractivity contribution in [2.75, 3.05) is 7.05 Å². The van der Waals surface area contributed by atoms with Crippen molar-refractivity contribution >= 4 is 54.8 Å². The zero-order valence-corrected chi connectivity index (χ0v) is 14.8. The average Bonchev–Trinajstić information content (AvgIpc) is 2.68. The Kier molecular flexibility index (Phi) is 5.43. The van der Waals surface area contributed by atoms with Crippen LogP contribution < -0.4 is 5.32 Å². The van der Waals surface area contributed by atoms with Crippen molar-refractivity contribution in [2.45, 2.75) is 12.5 Å². The first kappa shape index (κ1) is 15.4. The summed E-state index contributed by atoms with van der Waals surface area (Å²) in [4.78, 5) is 1.20. The Morgan fingerprint density at radius 2 is 2.11 bits per heavy atom. The van der Waals surface area contributed by atoms with Gasteiger partial charge in [0.25, 0.3) is 0 Å². The minimum absolute atomic E-state index is 0.149. The Hall–Kier alpha value is 0.0600. The normalized spacial score (nSPS) is 12.7. The smallest absolute Gasteiger partial charge is 0.124 e. The summed E-state index contributed by atoms with van der Waals surface area (Å²) in [6.07, 6.45) is 0.717. The standard InChI is InChI=1S/C13H11Br2ClFNS/c1-18-11(12-6-9(14)13(15)19-12)4-7-2-3-8(17)5-10(7)16/h2-3,5-6,11,18H,4H2,1H3. The van der Waals surface area contributed by atoms with Crippen LogP contribution in [0.3, 0.4) is 0 Å². The molecule has 1 atom stereocenters. The van der Waals surface area contributed by atoms with Crippen LogP contribution in [-0.4, -0.2) is 7.05 Å². The van der Waals surface area contributed by atoms with Crippen molar-refractivity contribution in [1.29, 1.82) is 0 Å². The second kappa shape index (κ2) is 6.68. The zero-order valence-electron chi connectivity index (χ0n) is 10.0. The second-order valence-electron chi connectivity index (χ2n) is 4.05. The number of hydrogen-bond acceptors (Lipinski definition) is 2. The number of thiophene rings is 1. The molecule has 2 aromatic rings. The van der Waals surface area contributed by atoms with Crippen LogP contribution in [0.2, 0.25) is 5.02 Å². The molecule has 0 saturated carbocycles. The van der Waals surface area contributed by atoms with Gasteiger partial charge < -0.3 is 5.32 Å². The number of benzene rings is 1. The van der Waals surface area contributed by atoms with Crippen molar-refractivity contribution in [3.8, 4) is 0 Å². The Morgan fingerprint density at radius 1 is 1.37 bits per heavy atom. The summed E-state index contributed by atoms with van der Waals surface area (Å²) in [6.45, 7) is 0. The summed E-state index contributed by atoms with van der Waals surface area (Å²) in [5.74, 6) is -0.309. The van der Waals surface area contributed by atoms with Gasteiger partial charge in [-0.3, -0.25) is 0 Å². The predicted molar refractivity (Wildman–Crippen MR) is 86.6 cm³/mol. The van der Waals surface area contributed by atoms with Crippen LogP contribution in [-0.2, 0) is 6.42 Å². The molecule has 0 aliphatic rings. The fourth-order valence-corrected chi connectivity index (χ4v) is 4.23. The van der Waals surface area contributed by atoms with E-state index in [1.54, 1.807) is 17.4 Å². The van der Waals surface area contributed by atoms with Crippen LogP contribution in [0.25, 0.3) is 0 Å². The molecule has 0 saturated heterocycles. The van der Waals surface area contributed by atoms with E-state index in [0.29, 0.717) is 5.02 Å². The lowest BCUT2D eigenvalue weighted by Gasteiger charge is -2.15. The summed E-state index contributed by atoms with van der Waals surface area (Å²) in [7, 11) is 1.91. The predicted octanol–water partition coefficient (Wildman–Crippen LogP) is 5.57. The third-order valence-electron chi connectivity index (χ3n) is 2.80. The molecule has 2 rings (SSSR count). The quantitative estimate of drug-likeness (QED) is 0.673. The van der Waals surface area contributed by atoms with Gasteiger partial charge in [-0.25, -0.2) is 4.39 Å². The van der Waals surface area contributed by atoms with E-state index in [-0.39, 0.29) is 11.9 Å². The van der Waals surface area contributed by atoms with Gasteiger partial charge in [-0.15, -0.1) is 11.3 Å². The lowest BCUT2D eigenvalue weighted by atomic mass is 10.0. The molecule has 19 heavy (non-hydrogen) atoms. The van der Waals surface area contributed by atoms with Gasteiger partial charge in [-0.1, -0.05) is 17.7 Å². The minimum Gasteiger partial charge on any atom is -0.312 e. The van der Waals surface area contributed by atoms with E-state index in [2.05, 4.69) is 43.2 Å². The molecular weight excluding hydrogens is 416 g/mol. The fourth-order valence-electron chi connectivity index (χ4n) is 1.79. The molecule has 0 fully saturated rings. The molecule has 0 amide bonds. The first-order valence-electron chi connectivity index (χ1n) is 5.57. The minimum atomic E-state index is -0.309. The van der Waals surface area contributed by atoms with Crippen molar-refractivity contribution in [1.82, 2.24) is 5.32 Å². The monoisotopic (exact) mass is 425 g/mol. The Labute approximate surface area is 137 Å². The summed E-state index contributed by atoms with van der Waals surface area (Å²) < 4.78 is 15.1. The molecule has 0 spiro atoms. The number of likely N-dealkylation sites (N-methyl/N-ethyl adjacent to an activating group) is 1. The van der Waals surface area contributed by atoms with Gasteiger partial charge in [0.05, 0.1) is 3.79 Å². The van der Waals surface area contributed by atoms with E-state index in [1.165, 1.54) is 17.0 Å². The van der Waals surface area contributed by atoms with Gasteiger partial charge >= 0.3 is 0 Å². The number of halogens is 4. The maximum Gasteiger partial charge on any atom is 0.124 e. The van der Waals surface area contributed by atoms with E-state index in [1.807, 2.05) is 7.05 Å². The van der Waals surface area contributed by atoms with E-state index in [4.69, 9.17) is 11.6 Å². The first-order chi connectivity index (χ1) is 9.01. The highest BCUT2D eigenvalue weighted by Gasteiger charge is 2.16. The summed E-state index contributed by atoms with van der Waals surface area (Å²) in [5, 5.41) is 3.73. The highest BCUT2D eigenvalue weighted by atomic mass is 79.9. The summed E-state index contributed by atoms with van der Waals surface area (Å²) in [5.41, 5.74) is 0.933. The molecule has 6 heteroatoms. The molecule has 0 bridgehead atoms. The van der Waals surface area contributed by atoms with Gasteiger partial charge in [0.2, 0.25) is 0 Å². The number of nitrogens with one attached hydrogen (secondary N) is 1. The van der Waals surface area contributed by atoms with E-state index in [9.17, 15) is 4.39 Å². The van der Waals surface area contributed by atoms with E-state index < -0.39 is 0 Å². The third-order valence-corrected chi connectivity index (χ3v) is 6.52. The Bertz CT molecular complexity index is 569. The van der Waals surface area contributed by atoms with Gasteiger partial charge in [-0.2, -0.15) is 0 Å². The largest absolute Gasteiger partial charge is 0.312 e. The second-order valence-corrected chi connectivity index (χ2v) is 7.71. The van der Waals surface area contributed by atoms with Crippen molar-refractivity contribution in [3.05, 3.63) is 53.8 Å². The molecule has 0 aliphatic heterocycles. The molecule has 1 aromatic heterocycles. The molecule has 1 nitrogen and oxygen atoms in total. The van der Waals surface area contributed by atoms with Crippen LogP contribution in [0.4, 0.5) is 4.39 Å². The van der Waals surface area contributed by atoms with Gasteiger partial charge in [0.15, 0.2) is 0 Å². The summed E-state index contributed by atoms with van der Waals surface area (Å²) >= 11 is 14.7. The van der Waals surface area contributed by atoms with Gasteiger partial charge in [0.1, 0.15) is 5.82 Å². The van der Waals surface area contributed by atoms with Crippen molar-refractivity contribution in [2.24, 2.45) is 0 Å². The molecule has 0 aliphatic carbocycles. The maximum atomic E-state index is 13.0. The highest BCUT2D eigenvalue weighted by Crippen LogP contribution is 2.36. The molecule has 1 N–H and O–H groups in total. The Balaban J connectivity index is 2.23. The van der Waals surface area contributed by atoms with Crippen LogP contribution in [0.1, 0.15) is 16.5 Å². The van der Waals surface area contributed by atoms with Crippen molar-refractivity contribution < 1.29 is 4.39 Å². The van der Waals surface area contributed by atoms with Crippen LogP contribution in [0.5, 0.6) is 0 Å².